The van der Waals surface area contributed by atoms with Gasteiger partial charge in [-0.25, -0.2) is 23.1 Å². The zero-order chi connectivity index (χ0) is 22.3. The van der Waals surface area contributed by atoms with Gasteiger partial charge < -0.3 is 4.90 Å². The van der Waals surface area contributed by atoms with Crippen LogP contribution in [-0.4, -0.2) is 58.7 Å². The minimum Gasteiger partial charge on any atom is -0.353 e. The Labute approximate surface area is 187 Å². The standard InChI is InChI=1S/C23H24N6O2S/c1-17-8-9-20(14-18(17)2)32(30,31)28-12-10-27(11-13-28)22-21-15-26-29(23(21)25-16-24-22)19-6-4-3-5-7-19/h3-9,14-16H,10-13H2,1-2H3. The highest BCUT2D eigenvalue weighted by Crippen LogP contribution is 2.27. The SMILES string of the molecule is Cc1ccc(S(=O)(=O)N2CCN(c3ncnc4c3cnn4-c3ccccc3)CC2)cc1C. The molecular formula is C23H24N6O2S. The number of para-hydroxylation sites is 1. The number of anilines is 1. The first-order chi connectivity index (χ1) is 15.4. The maximum absolute atomic E-state index is 13.1. The van der Waals surface area contributed by atoms with Gasteiger partial charge in [0.1, 0.15) is 12.1 Å². The van der Waals surface area contributed by atoms with Crippen LogP contribution in [0.3, 0.4) is 0 Å². The van der Waals surface area contributed by atoms with E-state index in [9.17, 15) is 8.42 Å². The third-order valence-electron chi connectivity index (χ3n) is 6.00. The third-order valence-corrected chi connectivity index (χ3v) is 7.89. The molecule has 0 radical (unpaired) electrons. The van der Waals surface area contributed by atoms with Crippen molar-refractivity contribution < 1.29 is 8.42 Å². The quantitative estimate of drug-likeness (QED) is 0.477. The molecule has 1 aliphatic heterocycles. The summed E-state index contributed by atoms with van der Waals surface area (Å²) in [5.41, 5.74) is 3.71. The summed E-state index contributed by atoms with van der Waals surface area (Å²) >= 11 is 0. The number of benzene rings is 2. The van der Waals surface area contributed by atoms with Crippen LogP contribution in [0.2, 0.25) is 0 Å². The fourth-order valence-electron chi connectivity index (χ4n) is 4.01. The van der Waals surface area contributed by atoms with E-state index >= 15 is 0 Å². The van der Waals surface area contributed by atoms with Gasteiger partial charge in [0.2, 0.25) is 10.0 Å². The average Bonchev–Trinajstić information content (AvgIpc) is 3.26. The molecule has 32 heavy (non-hydrogen) atoms. The molecule has 0 atom stereocenters. The summed E-state index contributed by atoms with van der Waals surface area (Å²) in [5, 5.41) is 5.36. The van der Waals surface area contributed by atoms with Crippen molar-refractivity contribution in [2.45, 2.75) is 18.7 Å². The molecule has 8 nitrogen and oxygen atoms in total. The van der Waals surface area contributed by atoms with Crippen molar-refractivity contribution in [2.24, 2.45) is 0 Å². The van der Waals surface area contributed by atoms with E-state index in [-0.39, 0.29) is 0 Å². The summed E-state index contributed by atoms with van der Waals surface area (Å²) in [5.74, 6) is 0.778. The lowest BCUT2D eigenvalue weighted by Gasteiger charge is -2.34. The summed E-state index contributed by atoms with van der Waals surface area (Å²) < 4.78 is 29.6. The van der Waals surface area contributed by atoms with Crippen molar-refractivity contribution in [2.75, 3.05) is 31.1 Å². The molecule has 4 aromatic rings. The van der Waals surface area contributed by atoms with Gasteiger partial charge in [0.05, 0.1) is 22.2 Å². The van der Waals surface area contributed by atoms with Gasteiger partial charge >= 0.3 is 0 Å². The maximum Gasteiger partial charge on any atom is 0.243 e. The molecule has 3 heterocycles. The van der Waals surface area contributed by atoms with E-state index in [0.717, 1.165) is 33.7 Å². The van der Waals surface area contributed by atoms with Gasteiger partial charge in [-0.2, -0.15) is 9.40 Å². The van der Waals surface area contributed by atoms with Gasteiger partial charge in [0.25, 0.3) is 0 Å². The zero-order valence-corrected chi connectivity index (χ0v) is 18.8. The zero-order valence-electron chi connectivity index (χ0n) is 18.0. The van der Waals surface area contributed by atoms with Gasteiger partial charge in [-0.1, -0.05) is 24.3 Å². The summed E-state index contributed by atoms with van der Waals surface area (Å²) in [7, 11) is -3.52. The highest BCUT2D eigenvalue weighted by molar-refractivity contribution is 7.89. The number of aromatic nitrogens is 4. The molecule has 164 valence electrons. The van der Waals surface area contributed by atoms with Crippen molar-refractivity contribution in [1.29, 1.82) is 0 Å². The molecule has 0 spiro atoms. The van der Waals surface area contributed by atoms with Gasteiger partial charge in [-0.15, -0.1) is 0 Å². The van der Waals surface area contributed by atoms with E-state index in [2.05, 4.69) is 20.0 Å². The monoisotopic (exact) mass is 448 g/mol. The first-order valence-corrected chi connectivity index (χ1v) is 12.0. The summed E-state index contributed by atoms with van der Waals surface area (Å²) in [6, 6.07) is 15.1. The smallest absolute Gasteiger partial charge is 0.243 e. The molecule has 0 unspecified atom stereocenters. The highest BCUT2D eigenvalue weighted by atomic mass is 32.2. The van der Waals surface area contributed by atoms with Crippen LogP contribution < -0.4 is 4.90 Å². The molecule has 5 rings (SSSR count). The summed E-state index contributed by atoms with van der Waals surface area (Å²) in [4.78, 5) is 11.4. The Hall–Kier alpha value is -3.30. The summed E-state index contributed by atoms with van der Waals surface area (Å²) in [6.07, 6.45) is 3.31. The predicted octanol–water partition coefficient (Wildman–Crippen LogP) is 2.94. The lowest BCUT2D eigenvalue weighted by molar-refractivity contribution is 0.384. The van der Waals surface area contributed by atoms with Crippen molar-refractivity contribution in [1.82, 2.24) is 24.1 Å². The maximum atomic E-state index is 13.1. The molecular weight excluding hydrogens is 424 g/mol. The van der Waals surface area contributed by atoms with E-state index in [1.165, 1.54) is 6.33 Å². The number of piperazine rings is 1. The highest BCUT2D eigenvalue weighted by Gasteiger charge is 2.30. The minimum absolute atomic E-state index is 0.350. The summed E-state index contributed by atoms with van der Waals surface area (Å²) in [6.45, 7) is 5.80. The number of fused-ring (bicyclic) bond motifs is 1. The molecule has 2 aromatic heterocycles. The topological polar surface area (TPSA) is 84.2 Å². The number of sulfonamides is 1. The number of rotatable bonds is 4. The second-order valence-corrected chi connectivity index (χ2v) is 9.90. The fourth-order valence-corrected chi connectivity index (χ4v) is 5.51. The number of hydrogen-bond acceptors (Lipinski definition) is 6. The van der Waals surface area contributed by atoms with Crippen LogP contribution in [0, 0.1) is 13.8 Å². The number of hydrogen-bond donors (Lipinski definition) is 0. The molecule has 0 N–H and O–H groups in total. The van der Waals surface area contributed by atoms with E-state index in [0.29, 0.717) is 31.1 Å². The van der Waals surface area contributed by atoms with Crippen molar-refractivity contribution >= 4 is 26.9 Å². The molecule has 0 aliphatic carbocycles. The van der Waals surface area contributed by atoms with Crippen molar-refractivity contribution in [3.05, 3.63) is 72.2 Å². The predicted molar refractivity (Wildman–Crippen MR) is 124 cm³/mol. The Morgan fingerprint density at radius 1 is 0.875 bits per heavy atom. The van der Waals surface area contributed by atoms with Crippen LogP contribution in [0.15, 0.2) is 66.0 Å². The number of nitrogens with zero attached hydrogens (tertiary/aromatic N) is 6. The van der Waals surface area contributed by atoms with Crippen LogP contribution in [-0.2, 0) is 10.0 Å². The fraction of sp³-hybridized carbons (Fsp3) is 0.261. The lowest BCUT2D eigenvalue weighted by atomic mass is 10.1. The molecule has 9 heteroatoms. The van der Waals surface area contributed by atoms with Crippen LogP contribution in [0.5, 0.6) is 0 Å². The Morgan fingerprint density at radius 2 is 1.62 bits per heavy atom. The van der Waals surface area contributed by atoms with E-state index in [1.807, 2.05) is 50.2 Å². The van der Waals surface area contributed by atoms with Crippen LogP contribution in [0.25, 0.3) is 16.7 Å². The molecule has 2 aromatic carbocycles. The first-order valence-electron chi connectivity index (χ1n) is 10.5. The molecule has 1 fully saturated rings. The first kappa shape index (κ1) is 20.6. The van der Waals surface area contributed by atoms with Crippen LogP contribution >= 0.6 is 0 Å². The minimum atomic E-state index is -3.52. The lowest BCUT2D eigenvalue weighted by Crippen LogP contribution is -2.49. The van der Waals surface area contributed by atoms with Crippen LogP contribution in [0.4, 0.5) is 5.82 Å². The molecule has 1 saturated heterocycles. The third kappa shape index (κ3) is 3.53. The van der Waals surface area contributed by atoms with E-state index in [4.69, 9.17) is 0 Å². The second-order valence-electron chi connectivity index (χ2n) is 7.96. The van der Waals surface area contributed by atoms with Gasteiger partial charge in [-0.05, 0) is 49.2 Å². The second kappa shape index (κ2) is 7.99. The van der Waals surface area contributed by atoms with Gasteiger partial charge in [-0.3, -0.25) is 0 Å². The number of aryl methyl sites for hydroxylation is 2. The normalized spacial score (nSPS) is 15.4. The van der Waals surface area contributed by atoms with E-state index < -0.39 is 10.0 Å². The Kier molecular flexibility index (Phi) is 5.15. The molecule has 0 amide bonds. The van der Waals surface area contributed by atoms with Crippen molar-refractivity contribution in [3.63, 3.8) is 0 Å². The molecule has 0 bridgehead atoms. The largest absolute Gasteiger partial charge is 0.353 e. The van der Waals surface area contributed by atoms with Crippen molar-refractivity contribution in [3.8, 4) is 5.69 Å². The van der Waals surface area contributed by atoms with E-state index in [1.54, 1.807) is 27.3 Å². The Morgan fingerprint density at radius 3 is 2.34 bits per heavy atom. The molecule has 1 aliphatic rings. The van der Waals surface area contributed by atoms with Gasteiger partial charge in [0.15, 0.2) is 5.65 Å². The van der Waals surface area contributed by atoms with Crippen LogP contribution in [0.1, 0.15) is 11.1 Å². The van der Waals surface area contributed by atoms with Gasteiger partial charge in [0, 0.05) is 26.2 Å². The Bertz CT molecular complexity index is 1380. The average molecular weight is 449 g/mol. The molecule has 0 saturated carbocycles. The Balaban J connectivity index is 1.39.